The molecule has 156 valence electrons. The molecule has 0 aliphatic carbocycles. The molecule has 0 radical (unpaired) electrons. The number of fused-ring (bicyclic) bond motifs is 1. The summed E-state index contributed by atoms with van der Waals surface area (Å²) in [5.74, 6) is -0.478. The van der Waals surface area contributed by atoms with Crippen LogP contribution in [-0.4, -0.2) is 10.9 Å². The second-order valence-electron chi connectivity index (χ2n) is 5.89. The molecular formula is C19H22F6N2O. The molecule has 0 atom stereocenters. The van der Waals surface area contributed by atoms with Crippen LogP contribution in [0.4, 0.5) is 26.3 Å². The van der Waals surface area contributed by atoms with Gasteiger partial charge in [-0.3, -0.25) is 4.79 Å². The Morgan fingerprint density at radius 2 is 1.64 bits per heavy atom. The molecule has 2 rings (SSSR count). The van der Waals surface area contributed by atoms with E-state index in [2.05, 4.69) is 4.98 Å². The number of pyridine rings is 1. The fourth-order valence-electron chi connectivity index (χ4n) is 2.69. The second-order valence-corrected chi connectivity index (χ2v) is 5.89. The summed E-state index contributed by atoms with van der Waals surface area (Å²) in [6, 6.07) is 3.98. The van der Waals surface area contributed by atoms with E-state index in [1.807, 2.05) is 13.8 Å². The molecule has 2 N–H and O–H groups in total. The predicted octanol–water partition coefficient (Wildman–Crippen LogP) is 5.89. The Bertz CT molecular complexity index is 799. The minimum Gasteiger partial charge on any atom is -0.370 e. The molecule has 28 heavy (non-hydrogen) atoms. The molecule has 0 aliphatic heterocycles. The van der Waals surface area contributed by atoms with Crippen molar-refractivity contribution in [1.82, 2.24) is 4.98 Å². The normalized spacial score (nSPS) is 11.9. The highest BCUT2D eigenvalue weighted by Gasteiger charge is 2.37. The van der Waals surface area contributed by atoms with E-state index in [0.29, 0.717) is 25.3 Å². The fourth-order valence-corrected chi connectivity index (χ4v) is 2.69. The number of benzene rings is 1. The van der Waals surface area contributed by atoms with Crippen LogP contribution in [0, 0.1) is 0 Å². The Kier molecular flexibility index (Phi) is 8.26. The molecular weight excluding hydrogens is 386 g/mol. The maximum atomic E-state index is 13.1. The summed E-state index contributed by atoms with van der Waals surface area (Å²) in [7, 11) is 0. The van der Waals surface area contributed by atoms with E-state index in [9.17, 15) is 31.1 Å². The monoisotopic (exact) mass is 408 g/mol. The summed E-state index contributed by atoms with van der Waals surface area (Å²) in [5, 5.41) is 0.0442. The van der Waals surface area contributed by atoms with Crippen molar-refractivity contribution < 1.29 is 31.1 Å². The van der Waals surface area contributed by atoms with E-state index in [4.69, 9.17) is 5.73 Å². The summed E-state index contributed by atoms with van der Waals surface area (Å²) < 4.78 is 78.6. The highest BCUT2D eigenvalue weighted by molar-refractivity contribution is 5.86. The number of hydrogen-bond acceptors (Lipinski definition) is 2. The average Bonchev–Trinajstić information content (AvgIpc) is 2.60. The topological polar surface area (TPSA) is 56.0 Å². The van der Waals surface area contributed by atoms with Crippen LogP contribution in [0.25, 0.3) is 10.9 Å². The SMILES string of the molecule is CC.NC(=O)CCCCCc1cc(C(F)(F)F)nc2c(C(F)(F)F)cccc12. The largest absolute Gasteiger partial charge is 0.433 e. The molecule has 1 heterocycles. The summed E-state index contributed by atoms with van der Waals surface area (Å²) in [6.45, 7) is 4.00. The Labute approximate surface area is 158 Å². The maximum absolute atomic E-state index is 13.1. The number of aryl methyl sites for hydroxylation is 1. The van der Waals surface area contributed by atoms with Crippen molar-refractivity contribution in [2.75, 3.05) is 0 Å². The smallest absolute Gasteiger partial charge is 0.370 e. The van der Waals surface area contributed by atoms with Crippen molar-refractivity contribution in [3.63, 3.8) is 0 Å². The van der Waals surface area contributed by atoms with Crippen LogP contribution in [0.5, 0.6) is 0 Å². The van der Waals surface area contributed by atoms with Gasteiger partial charge in [0.05, 0.1) is 11.1 Å². The first-order valence-electron chi connectivity index (χ1n) is 8.85. The minimum absolute atomic E-state index is 0.0442. The van der Waals surface area contributed by atoms with Crippen LogP contribution in [-0.2, 0) is 23.6 Å². The summed E-state index contributed by atoms with van der Waals surface area (Å²) >= 11 is 0. The van der Waals surface area contributed by atoms with Gasteiger partial charge in [-0.1, -0.05) is 32.4 Å². The Balaban J connectivity index is 0.00000190. The number of primary amides is 1. The maximum Gasteiger partial charge on any atom is 0.433 e. The van der Waals surface area contributed by atoms with Crippen molar-refractivity contribution >= 4 is 16.8 Å². The first kappa shape index (κ1) is 23.7. The molecule has 0 spiro atoms. The summed E-state index contributed by atoms with van der Waals surface area (Å²) in [6.07, 6.45) is -7.96. The first-order chi connectivity index (χ1) is 13.0. The van der Waals surface area contributed by atoms with E-state index < -0.39 is 35.0 Å². The van der Waals surface area contributed by atoms with Gasteiger partial charge in [0.2, 0.25) is 5.91 Å². The lowest BCUT2D eigenvalue weighted by Crippen LogP contribution is -2.13. The molecule has 1 aromatic carbocycles. The summed E-state index contributed by atoms with van der Waals surface area (Å²) in [4.78, 5) is 13.9. The number of carbonyl (C=O) groups is 1. The molecule has 1 amide bonds. The highest BCUT2D eigenvalue weighted by atomic mass is 19.4. The van der Waals surface area contributed by atoms with Crippen LogP contribution >= 0.6 is 0 Å². The number of nitrogens with two attached hydrogens (primary N) is 1. The third-order valence-electron chi connectivity index (χ3n) is 3.89. The van der Waals surface area contributed by atoms with E-state index in [-0.39, 0.29) is 23.8 Å². The lowest BCUT2D eigenvalue weighted by Gasteiger charge is -2.15. The lowest BCUT2D eigenvalue weighted by atomic mass is 9.98. The molecule has 1 aromatic heterocycles. The zero-order valence-electron chi connectivity index (χ0n) is 15.5. The number of nitrogens with zero attached hydrogens (tertiary/aromatic N) is 1. The number of para-hydroxylation sites is 1. The van der Waals surface area contributed by atoms with Gasteiger partial charge < -0.3 is 5.73 Å². The van der Waals surface area contributed by atoms with Crippen molar-refractivity contribution in [3.05, 3.63) is 41.1 Å². The quantitative estimate of drug-likeness (QED) is 0.479. The average molecular weight is 408 g/mol. The molecule has 0 saturated heterocycles. The van der Waals surface area contributed by atoms with Crippen LogP contribution < -0.4 is 5.73 Å². The standard InChI is InChI=1S/C17H16F6N2O.C2H6/c18-16(19,20)12-7-4-6-11-10(5-2-1-3-8-14(24)26)9-13(17(21,22)23)25-15(11)12;1-2/h4,6-7,9H,1-3,5,8H2,(H2,24,26);1-2H3. The van der Waals surface area contributed by atoms with Gasteiger partial charge >= 0.3 is 12.4 Å². The number of hydrogen-bond donors (Lipinski definition) is 1. The first-order valence-corrected chi connectivity index (χ1v) is 8.85. The molecule has 0 fully saturated rings. The van der Waals surface area contributed by atoms with E-state index in [0.717, 1.165) is 12.1 Å². The van der Waals surface area contributed by atoms with Crippen molar-refractivity contribution in [2.24, 2.45) is 5.73 Å². The predicted molar refractivity (Wildman–Crippen MR) is 94.5 cm³/mol. The lowest BCUT2D eigenvalue weighted by molar-refractivity contribution is -0.142. The van der Waals surface area contributed by atoms with Crippen LogP contribution in [0.15, 0.2) is 24.3 Å². The minimum atomic E-state index is -4.85. The van der Waals surface area contributed by atoms with Crippen molar-refractivity contribution in [2.45, 2.75) is 58.3 Å². The Morgan fingerprint density at radius 1 is 1.00 bits per heavy atom. The number of alkyl halides is 6. The molecule has 2 aromatic rings. The van der Waals surface area contributed by atoms with Crippen molar-refractivity contribution in [3.8, 4) is 0 Å². The second kappa shape index (κ2) is 9.75. The van der Waals surface area contributed by atoms with Gasteiger partial charge in [-0.25, -0.2) is 4.98 Å². The van der Waals surface area contributed by atoms with E-state index in [1.165, 1.54) is 6.07 Å². The molecule has 0 unspecified atom stereocenters. The van der Waals surface area contributed by atoms with Gasteiger partial charge in [0, 0.05) is 11.8 Å². The van der Waals surface area contributed by atoms with E-state index in [1.54, 1.807) is 0 Å². The molecule has 0 aliphatic rings. The third kappa shape index (κ3) is 6.38. The molecule has 0 saturated carbocycles. The number of aromatic nitrogens is 1. The molecule has 9 heteroatoms. The van der Waals surface area contributed by atoms with Gasteiger partial charge in [0.25, 0.3) is 0 Å². The zero-order chi connectivity index (χ0) is 21.5. The number of unbranched alkanes of at least 4 members (excludes halogenated alkanes) is 2. The van der Waals surface area contributed by atoms with Gasteiger partial charge in [0.1, 0.15) is 5.69 Å². The highest BCUT2D eigenvalue weighted by Crippen LogP contribution is 2.37. The van der Waals surface area contributed by atoms with Gasteiger partial charge in [-0.2, -0.15) is 26.3 Å². The number of amides is 1. The van der Waals surface area contributed by atoms with Gasteiger partial charge in [-0.05, 0) is 37.0 Å². The van der Waals surface area contributed by atoms with Crippen molar-refractivity contribution in [1.29, 1.82) is 0 Å². The van der Waals surface area contributed by atoms with Crippen LogP contribution in [0.3, 0.4) is 0 Å². The third-order valence-corrected chi connectivity index (χ3v) is 3.89. The van der Waals surface area contributed by atoms with Crippen LogP contribution in [0.2, 0.25) is 0 Å². The number of carbonyl (C=O) groups excluding carboxylic acids is 1. The van der Waals surface area contributed by atoms with Gasteiger partial charge in [0.15, 0.2) is 0 Å². The number of halogens is 6. The Hall–Kier alpha value is -2.32. The molecule has 0 bridgehead atoms. The zero-order valence-corrected chi connectivity index (χ0v) is 15.5. The molecule has 3 nitrogen and oxygen atoms in total. The fraction of sp³-hybridized carbons (Fsp3) is 0.474. The van der Waals surface area contributed by atoms with Crippen LogP contribution in [0.1, 0.15) is 56.4 Å². The Morgan fingerprint density at radius 3 is 2.18 bits per heavy atom. The number of rotatable bonds is 6. The van der Waals surface area contributed by atoms with E-state index >= 15 is 0 Å². The van der Waals surface area contributed by atoms with Gasteiger partial charge in [-0.15, -0.1) is 0 Å². The summed E-state index contributed by atoms with van der Waals surface area (Å²) in [5.41, 5.74) is 1.89.